The van der Waals surface area contributed by atoms with Gasteiger partial charge in [0.1, 0.15) is 5.82 Å². The number of hydrogen-bond acceptors (Lipinski definition) is 1. The van der Waals surface area contributed by atoms with Gasteiger partial charge in [0.2, 0.25) is 0 Å². The minimum atomic E-state index is -0.0797. The zero-order chi connectivity index (χ0) is 12.0. The smallest absolute Gasteiger partial charge is 0.132 e. The third-order valence-corrected chi connectivity index (χ3v) is 4.48. The van der Waals surface area contributed by atoms with Crippen molar-refractivity contribution in [2.45, 2.75) is 51.4 Å². The summed E-state index contributed by atoms with van der Waals surface area (Å²) in [4.78, 5) is 4.61. The molecule has 1 aliphatic carbocycles. The monoisotopic (exact) mass is 231 g/mol. The van der Waals surface area contributed by atoms with Gasteiger partial charge in [0, 0.05) is 16.7 Å². The van der Waals surface area contributed by atoms with E-state index in [4.69, 9.17) is 0 Å². The molecule has 0 atom stereocenters. The average molecular weight is 231 g/mol. The van der Waals surface area contributed by atoms with E-state index >= 15 is 0 Å². The van der Waals surface area contributed by atoms with E-state index < -0.39 is 0 Å². The molecule has 0 radical (unpaired) electrons. The summed E-state index contributed by atoms with van der Waals surface area (Å²) >= 11 is 0. The molecule has 1 saturated carbocycles. The normalized spacial score (nSPS) is 21.5. The summed E-state index contributed by atoms with van der Waals surface area (Å²) in [6, 6.07) is 3.81. The molecule has 0 amide bonds. The highest BCUT2D eigenvalue weighted by molar-refractivity contribution is 6.00. The molecule has 1 heterocycles. The van der Waals surface area contributed by atoms with Crippen LogP contribution in [0.3, 0.4) is 0 Å². The van der Waals surface area contributed by atoms with Crippen LogP contribution in [0, 0.1) is 12.7 Å². The lowest BCUT2D eigenvalue weighted by molar-refractivity contribution is 0.373. The molecule has 2 heteroatoms. The summed E-state index contributed by atoms with van der Waals surface area (Å²) in [6.07, 6.45) is 5.79. The number of aryl methyl sites for hydroxylation is 1. The molecule has 1 aliphatic heterocycles. The van der Waals surface area contributed by atoms with Gasteiger partial charge in [-0.2, -0.15) is 0 Å². The van der Waals surface area contributed by atoms with Crippen molar-refractivity contribution >= 4 is 11.4 Å². The highest BCUT2D eigenvalue weighted by Crippen LogP contribution is 2.50. The van der Waals surface area contributed by atoms with E-state index in [2.05, 4.69) is 11.9 Å². The minimum Gasteiger partial charge on any atom is -0.257 e. The molecule has 0 bridgehead atoms. The predicted molar refractivity (Wildman–Crippen MR) is 68.7 cm³/mol. The van der Waals surface area contributed by atoms with Crippen LogP contribution in [0.4, 0.5) is 10.1 Å². The van der Waals surface area contributed by atoms with Gasteiger partial charge in [-0.15, -0.1) is 0 Å². The Morgan fingerprint density at radius 2 is 1.82 bits per heavy atom. The maximum absolute atomic E-state index is 14.4. The fourth-order valence-electron chi connectivity index (χ4n) is 3.45. The Balaban J connectivity index is 2.21. The van der Waals surface area contributed by atoms with Crippen molar-refractivity contribution in [1.29, 1.82) is 0 Å². The number of halogens is 1. The molecule has 0 saturated heterocycles. The maximum Gasteiger partial charge on any atom is 0.132 e. The Kier molecular flexibility index (Phi) is 2.35. The van der Waals surface area contributed by atoms with Gasteiger partial charge in [-0.3, -0.25) is 4.99 Å². The number of rotatable bonds is 0. The minimum absolute atomic E-state index is 0.0231. The van der Waals surface area contributed by atoms with Crippen LogP contribution in [-0.2, 0) is 5.41 Å². The van der Waals surface area contributed by atoms with Gasteiger partial charge in [-0.1, -0.05) is 25.3 Å². The lowest BCUT2D eigenvalue weighted by atomic mass is 9.67. The summed E-state index contributed by atoms with van der Waals surface area (Å²) in [6.45, 7) is 3.92. The number of nitrogens with zero attached hydrogens (tertiary/aromatic N) is 1. The van der Waals surface area contributed by atoms with Crippen LogP contribution in [0.2, 0.25) is 0 Å². The van der Waals surface area contributed by atoms with Crippen molar-refractivity contribution in [3.8, 4) is 0 Å². The standard InChI is InChI=1S/C15H18FN/c1-10-6-7-12-13(14(10)16)15(11(2)17-12)8-4-3-5-9-15/h6-7H,3-5,8-9H2,1-2H3. The number of hydrogen-bond donors (Lipinski definition) is 0. The molecular formula is C15H18FN. The Bertz CT molecular complexity index is 496. The Labute approximate surface area is 102 Å². The molecule has 1 aromatic carbocycles. The summed E-state index contributed by atoms with van der Waals surface area (Å²) < 4.78 is 14.4. The van der Waals surface area contributed by atoms with Crippen LogP contribution < -0.4 is 0 Å². The van der Waals surface area contributed by atoms with E-state index in [1.165, 1.54) is 19.3 Å². The molecular weight excluding hydrogens is 213 g/mol. The molecule has 0 aromatic heterocycles. The number of aliphatic imine (C=N–C) groups is 1. The van der Waals surface area contributed by atoms with Crippen LogP contribution >= 0.6 is 0 Å². The first kappa shape index (κ1) is 10.9. The molecule has 3 rings (SSSR count). The molecule has 1 nitrogen and oxygen atoms in total. The SMILES string of the molecule is CC1=Nc2ccc(C)c(F)c2C12CCCCC2. The lowest BCUT2D eigenvalue weighted by Gasteiger charge is -2.35. The molecule has 2 aliphatic rings. The van der Waals surface area contributed by atoms with Crippen LogP contribution in [0.5, 0.6) is 0 Å². The quantitative estimate of drug-likeness (QED) is 0.626. The van der Waals surface area contributed by atoms with E-state index in [-0.39, 0.29) is 11.2 Å². The van der Waals surface area contributed by atoms with Crippen LogP contribution in [0.1, 0.15) is 50.2 Å². The maximum atomic E-state index is 14.4. The van der Waals surface area contributed by atoms with Crippen LogP contribution in [0.15, 0.2) is 17.1 Å². The zero-order valence-corrected chi connectivity index (χ0v) is 10.5. The molecule has 1 fully saturated rings. The van der Waals surface area contributed by atoms with Gasteiger partial charge >= 0.3 is 0 Å². The van der Waals surface area contributed by atoms with Gasteiger partial charge in [0.25, 0.3) is 0 Å². The highest BCUT2D eigenvalue weighted by atomic mass is 19.1. The Morgan fingerprint density at radius 1 is 1.12 bits per heavy atom. The largest absolute Gasteiger partial charge is 0.257 e. The van der Waals surface area contributed by atoms with Crippen LogP contribution in [-0.4, -0.2) is 5.71 Å². The van der Waals surface area contributed by atoms with E-state index in [1.54, 1.807) is 0 Å². The molecule has 1 aromatic rings. The van der Waals surface area contributed by atoms with E-state index in [9.17, 15) is 4.39 Å². The van der Waals surface area contributed by atoms with Gasteiger partial charge in [0.05, 0.1) is 5.69 Å². The summed E-state index contributed by atoms with van der Waals surface area (Å²) in [5.74, 6) is -0.0231. The fraction of sp³-hybridized carbons (Fsp3) is 0.533. The van der Waals surface area contributed by atoms with Gasteiger partial charge < -0.3 is 0 Å². The molecule has 0 N–H and O–H groups in total. The fourth-order valence-corrected chi connectivity index (χ4v) is 3.45. The van der Waals surface area contributed by atoms with E-state index in [0.29, 0.717) is 0 Å². The van der Waals surface area contributed by atoms with Crippen molar-refractivity contribution in [2.24, 2.45) is 4.99 Å². The summed E-state index contributed by atoms with van der Waals surface area (Å²) in [5, 5.41) is 0. The van der Waals surface area contributed by atoms with Gasteiger partial charge in [0.15, 0.2) is 0 Å². The number of benzene rings is 1. The summed E-state index contributed by atoms with van der Waals surface area (Å²) in [5.41, 5.74) is 3.54. The summed E-state index contributed by atoms with van der Waals surface area (Å²) in [7, 11) is 0. The molecule has 0 unspecified atom stereocenters. The second-order valence-electron chi connectivity index (χ2n) is 5.43. The first-order chi connectivity index (χ1) is 8.15. The third kappa shape index (κ3) is 1.39. The van der Waals surface area contributed by atoms with Crippen LogP contribution in [0.25, 0.3) is 0 Å². The number of fused-ring (bicyclic) bond motifs is 2. The average Bonchev–Trinajstić information content (AvgIpc) is 2.60. The molecule has 1 spiro atoms. The predicted octanol–water partition coefficient (Wildman–Crippen LogP) is 4.44. The van der Waals surface area contributed by atoms with E-state index in [1.807, 2.05) is 19.1 Å². The molecule has 90 valence electrons. The first-order valence-corrected chi connectivity index (χ1v) is 6.50. The Morgan fingerprint density at radius 3 is 2.53 bits per heavy atom. The van der Waals surface area contributed by atoms with Crippen molar-refractivity contribution < 1.29 is 4.39 Å². The highest BCUT2D eigenvalue weighted by Gasteiger charge is 2.44. The Hall–Kier alpha value is -1.18. The topological polar surface area (TPSA) is 12.4 Å². The second-order valence-corrected chi connectivity index (χ2v) is 5.43. The van der Waals surface area contributed by atoms with Crippen molar-refractivity contribution in [1.82, 2.24) is 0 Å². The van der Waals surface area contributed by atoms with E-state index in [0.717, 1.165) is 35.4 Å². The second kappa shape index (κ2) is 3.66. The third-order valence-electron chi connectivity index (χ3n) is 4.48. The zero-order valence-electron chi connectivity index (χ0n) is 10.5. The van der Waals surface area contributed by atoms with Crippen molar-refractivity contribution in [3.63, 3.8) is 0 Å². The van der Waals surface area contributed by atoms with Gasteiger partial charge in [-0.25, -0.2) is 4.39 Å². The van der Waals surface area contributed by atoms with Gasteiger partial charge in [-0.05, 0) is 38.3 Å². The first-order valence-electron chi connectivity index (χ1n) is 6.50. The van der Waals surface area contributed by atoms with Crippen molar-refractivity contribution in [2.75, 3.05) is 0 Å². The molecule has 17 heavy (non-hydrogen) atoms. The van der Waals surface area contributed by atoms with Crippen molar-refractivity contribution in [3.05, 3.63) is 29.1 Å². The lowest BCUT2D eigenvalue weighted by Crippen LogP contribution is -2.34.